The summed E-state index contributed by atoms with van der Waals surface area (Å²) in [6.07, 6.45) is 10.1. The molecule has 0 aromatic heterocycles. The van der Waals surface area contributed by atoms with Crippen LogP contribution in [-0.4, -0.2) is 53.3 Å². The minimum Gasteiger partial charge on any atom is -0.375 e. The Kier molecular flexibility index (Phi) is 5.52. The summed E-state index contributed by atoms with van der Waals surface area (Å²) in [5.41, 5.74) is 6.30. The highest BCUT2D eigenvalue weighted by Crippen LogP contribution is 2.40. The van der Waals surface area contributed by atoms with E-state index < -0.39 is 0 Å². The first-order valence-electron chi connectivity index (χ1n) is 8.95. The topological polar surface area (TPSA) is 38.5 Å². The number of nitrogens with two attached hydrogens (primary N) is 1. The first-order chi connectivity index (χ1) is 10.2. The third-order valence-corrected chi connectivity index (χ3v) is 6.90. The maximum atomic E-state index is 6.28. The molecule has 122 valence electrons. The zero-order valence-electron chi connectivity index (χ0n) is 13.6. The average Bonchev–Trinajstić information content (AvgIpc) is 2.51. The lowest BCUT2D eigenvalue weighted by molar-refractivity contribution is -0.116. The van der Waals surface area contributed by atoms with Crippen molar-refractivity contribution < 1.29 is 4.74 Å². The molecule has 0 aromatic carbocycles. The molecule has 1 atom stereocenters. The van der Waals surface area contributed by atoms with E-state index in [-0.39, 0.29) is 5.60 Å². The fourth-order valence-corrected chi connectivity index (χ4v) is 5.86. The molecule has 21 heavy (non-hydrogen) atoms. The van der Waals surface area contributed by atoms with E-state index in [4.69, 9.17) is 10.5 Å². The molecule has 1 saturated carbocycles. The summed E-state index contributed by atoms with van der Waals surface area (Å²) in [5, 5.41) is 0. The molecule has 0 radical (unpaired) electrons. The van der Waals surface area contributed by atoms with Crippen LogP contribution < -0.4 is 5.73 Å². The number of hydrogen-bond acceptors (Lipinski definition) is 4. The summed E-state index contributed by atoms with van der Waals surface area (Å²) >= 11 is 2.10. The predicted molar refractivity (Wildman–Crippen MR) is 90.9 cm³/mol. The molecule has 3 fully saturated rings. The van der Waals surface area contributed by atoms with Crippen molar-refractivity contribution >= 4 is 11.8 Å². The van der Waals surface area contributed by atoms with Crippen LogP contribution in [0.3, 0.4) is 0 Å². The van der Waals surface area contributed by atoms with Crippen LogP contribution >= 0.6 is 11.8 Å². The number of ether oxygens (including phenoxy) is 1. The molecule has 0 aromatic rings. The van der Waals surface area contributed by atoms with Crippen molar-refractivity contribution in [3.05, 3.63) is 0 Å². The second-order valence-electron chi connectivity index (χ2n) is 7.19. The Balaban J connectivity index is 1.63. The van der Waals surface area contributed by atoms with Crippen LogP contribution in [0.4, 0.5) is 0 Å². The SMILES string of the molecule is CCN(C1CCC(N)CC1)C1CCOC2(CCSCC2)C1. The highest BCUT2D eigenvalue weighted by atomic mass is 32.2. The molecule has 3 rings (SSSR count). The molecule has 2 heterocycles. The van der Waals surface area contributed by atoms with Crippen molar-refractivity contribution in [1.29, 1.82) is 0 Å². The molecule has 2 saturated heterocycles. The highest BCUT2D eigenvalue weighted by Gasteiger charge is 2.41. The molecule has 4 heteroatoms. The Labute approximate surface area is 134 Å². The van der Waals surface area contributed by atoms with Gasteiger partial charge in [-0.2, -0.15) is 11.8 Å². The number of hydrogen-bond donors (Lipinski definition) is 1. The van der Waals surface area contributed by atoms with E-state index in [1.165, 1.54) is 69.4 Å². The fraction of sp³-hybridized carbons (Fsp3) is 1.00. The van der Waals surface area contributed by atoms with Crippen molar-refractivity contribution in [3.8, 4) is 0 Å². The van der Waals surface area contributed by atoms with E-state index in [9.17, 15) is 0 Å². The molecule has 0 amide bonds. The summed E-state index contributed by atoms with van der Waals surface area (Å²) in [7, 11) is 0. The Morgan fingerprint density at radius 2 is 1.81 bits per heavy atom. The van der Waals surface area contributed by atoms with Crippen LogP contribution in [0.15, 0.2) is 0 Å². The van der Waals surface area contributed by atoms with Crippen LogP contribution in [-0.2, 0) is 4.74 Å². The lowest BCUT2D eigenvalue weighted by Gasteiger charge is -2.49. The molecule has 2 N–H and O–H groups in total. The number of nitrogens with zero attached hydrogens (tertiary/aromatic N) is 1. The van der Waals surface area contributed by atoms with Gasteiger partial charge in [-0.15, -0.1) is 0 Å². The van der Waals surface area contributed by atoms with E-state index in [0.29, 0.717) is 6.04 Å². The Hall–Kier alpha value is 0.230. The summed E-state index contributed by atoms with van der Waals surface area (Å²) in [5.74, 6) is 2.58. The largest absolute Gasteiger partial charge is 0.375 e. The van der Waals surface area contributed by atoms with E-state index in [1.807, 2.05) is 0 Å². The lowest BCUT2D eigenvalue weighted by atomic mass is 9.83. The van der Waals surface area contributed by atoms with Gasteiger partial charge in [0, 0.05) is 24.7 Å². The van der Waals surface area contributed by atoms with Crippen LogP contribution in [0.1, 0.15) is 58.3 Å². The lowest BCUT2D eigenvalue weighted by Crippen LogP contribution is -2.53. The third-order valence-electron chi connectivity index (χ3n) is 5.92. The van der Waals surface area contributed by atoms with E-state index >= 15 is 0 Å². The van der Waals surface area contributed by atoms with Gasteiger partial charge in [0.25, 0.3) is 0 Å². The highest BCUT2D eigenvalue weighted by molar-refractivity contribution is 7.99. The summed E-state index contributed by atoms with van der Waals surface area (Å²) in [4.78, 5) is 2.80. The Bertz CT molecular complexity index is 319. The van der Waals surface area contributed by atoms with Gasteiger partial charge >= 0.3 is 0 Å². The van der Waals surface area contributed by atoms with Crippen LogP contribution in [0.2, 0.25) is 0 Å². The van der Waals surface area contributed by atoms with Crippen LogP contribution in [0.5, 0.6) is 0 Å². The quantitative estimate of drug-likeness (QED) is 0.869. The molecule has 3 nitrogen and oxygen atoms in total. The Morgan fingerprint density at radius 3 is 2.48 bits per heavy atom. The first-order valence-corrected chi connectivity index (χ1v) is 10.1. The van der Waals surface area contributed by atoms with Gasteiger partial charge < -0.3 is 10.5 Å². The minimum absolute atomic E-state index is 0.215. The van der Waals surface area contributed by atoms with E-state index in [0.717, 1.165) is 18.7 Å². The van der Waals surface area contributed by atoms with Gasteiger partial charge in [-0.1, -0.05) is 6.92 Å². The second kappa shape index (κ2) is 7.20. The van der Waals surface area contributed by atoms with Crippen molar-refractivity contribution in [3.63, 3.8) is 0 Å². The van der Waals surface area contributed by atoms with Gasteiger partial charge in [0.2, 0.25) is 0 Å². The van der Waals surface area contributed by atoms with Gasteiger partial charge in [0.15, 0.2) is 0 Å². The van der Waals surface area contributed by atoms with Gasteiger partial charge in [-0.25, -0.2) is 0 Å². The van der Waals surface area contributed by atoms with E-state index in [1.54, 1.807) is 0 Å². The van der Waals surface area contributed by atoms with Crippen LogP contribution in [0, 0.1) is 0 Å². The van der Waals surface area contributed by atoms with Gasteiger partial charge in [0.05, 0.1) is 5.60 Å². The molecule has 2 aliphatic heterocycles. The fourth-order valence-electron chi connectivity index (χ4n) is 4.62. The standard InChI is InChI=1S/C17H32N2OS/c1-2-19(15-5-3-14(18)4-6-15)16-7-10-20-17(13-16)8-11-21-12-9-17/h14-16H,2-13,18H2,1H3. The minimum atomic E-state index is 0.215. The molecular weight excluding hydrogens is 280 g/mol. The summed E-state index contributed by atoms with van der Waals surface area (Å²) < 4.78 is 6.28. The zero-order valence-corrected chi connectivity index (χ0v) is 14.4. The summed E-state index contributed by atoms with van der Waals surface area (Å²) in [6.45, 7) is 4.50. The van der Waals surface area contributed by atoms with Gasteiger partial charge in [0.1, 0.15) is 0 Å². The van der Waals surface area contributed by atoms with E-state index in [2.05, 4.69) is 23.6 Å². The maximum absolute atomic E-state index is 6.28. The molecular formula is C17H32N2OS. The molecule has 1 spiro atoms. The van der Waals surface area contributed by atoms with Crippen molar-refractivity contribution in [2.45, 2.75) is 82.0 Å². The zero-order chi connectivity index (χ0) is 14.7. The van der Waals surface area contributed by atoms with Crippen molar-refractivity contribution in [1.82, 2.24) is 4.90 Å². The number of thioether (sulfide) groups is 1. The summed E-state index contributed by atoms with van der Waals surface area (Å²) in [6, 6.07) is 1.97. The second-order valence-corrected chi connectivity index (χ2v) is 8.41. The average molecular weight is 313 g/mol. The first kappa shape index (κ1) is 16.1. The van der Waals surface area contributed by atoms with Crippen molar-refractivity contribution in [2.75, 3.05) is 24.7 Å². The molecule has 1 unspecified atom stereocenters. The van der Waals surface area contributed by atoms with Gasteiger partial charge in [-0.05, 0) is 69.4 Å². The third kappa shape index (κ3) is 3.77. The van der Waals surface area contributed by atoms with Crippen LogP contribution in [0.25, 0.3) is 0 Å². The van der Waals surface area contributed by atoms with Crippen molar-refractivity contribution in [2.24, 2.45) is 5.73 Å². The molecule has 0 bridgehead atoms. The smallest absolute Gasteiger partial charge is 0.0713 e. The number of rotatable bonds is 3. The maximum Gasteiger partial charge on any atom is 0.0713 e. The normalized spacial score (nSPS) is 37.0. The molecule has 1 aliphatic carbocycles. The Morgan fingerprint density at radius 1 is 1.10 bits per heavy atom. The molecule has 3 aliphatic rings. The van der Waals surface area contributed by atoms with Gasteiger partial charge in [-0.3, -0.25) is 4.90 Å². The monoisotopic (exact) mass is 312 g/mol. The predicted octanol–water partition coefficient (Wildman–Crippen LogP) is 3.02.